The zero-order valence-corrected chi connectivity index (χ0v) is 21.9. The maximum Gasteiger partial charge on any atom is 0.258 e. The van der Waals surface area contributed by atoms with Crippen LogP contribution < -0.4 is 14.8 Å². The van der Waals surface area contributed by atoms with Crippen molar-refractivity contribution >= 4 is 5.91 Å². The summed E-state index contributed by atoms with van der Waals surface area (Å²) in [5.74, 6) is 2.68. The van der Waals surface area contributed by atoms with Crippen LogP contribution >= 0.6 is 0 Å². The number of carbonyl (C=O) groups excluding carboxylic acids is 1. The second kappa shape index (κ2) is 12.7. The fraction of sp³-hybridized carbons (Fsp3) is 0.500. The highest BCUT2D eigenvalue weighted by Crippen LogP contribution is 2.36. The summed E-state index contributed by atoms with van der Waals surface area (Å²) in [4.78, 5) is 21.1. The van der Waals surface area contributed by atoms with Crippen LogP contribution in [0, 0.1) is 6.92 Å². The fourth-order valence-corrected chi connectivity index (χ4v) is 4.78. The van der Waals surface area contributed by atoms with Gasteiger partial charge in [0.15, 0.2) is 0 Å². The molecule has 0 saturated heterocycles. The van der Waals surface area contributed by atoms with E-state index in [1.807, 2.05) is 31.2 Å². The van der Waals surface area contributed by atoms with Gasteiger partial charge in [0.25, 0.3) is 5.89 Å². The highest BCUT2D eigenvalue weighted by atomic mass is 16.5. The van der Waals surface area contributed by atoms with Crippen molar-refractivity contribution in [2.75, 3.05) is 26.9 Å². The lowest BCUT2D eigenvalue weighted by Gasteiger charge is -2.14. The number of ether oxygens (including phenoxy) is 2. The molecule has 37 heavy (non-hydrogen) atoms. The molecular weight excluding hydrogens is 472 g/mol. The van der Waals surface area contributed by atoms with Crippen molar-refractivity contribution in [3.05, 3.63) is 41.1 Å². The Bertz CT molecular complexity index is 1200. The van der Waals surface area contributed by atoms with Gasteiger partial charge in [-0.25, -0.2) is 4.98 Å². The Balaban J connectivity index is 1.49. The summed E-state index contributed by atoms with van der Waals surface area (Å²) in [5, 5.41) is 15.7. The number of benzene rings is 1. The molecule has 0 atom stereocenters. The summed E-state index contributed by atoms with van der Waals surface area (Å²) in [6.45, 7) is 4.71. The summed E-state index contributed by atoms with van der Waals surface area (Å²) in [6.07, 6.45) is 6.45. The summed E-state index contributed by atoms with van der Waals surface area (Å²) in [7, 11) is 1.62. The molecule has 0 spiro atoms. The van der Waals surface area contributed by atoms with Gasteiger partial charge in [0.05, 0.1) is 20.3 Å². The maximum absolute atomic E-state index is 11.7. The van der Waals surface area contributed by atoms with E-state index >= 15 is 0 Å². The Morgan fingerprint density at radius 3 is 2.70 bits per heavy atom. The molecule has 9 heteroatoms. The number of pyridine rings is 1. The number of aliphatic hydroxyl groups is 1. The van der Waals surface area contributed by atoms with E-state index in [1.54, 1.807) is 7.11 Å². The summed E-state index contributed by atoms with van der Waals surface area (Å²) in [6, 6.07) is 7.90. The lowest BCUT2D eigenvalue weighted by molar-refractivity contribution is -0.121. The zero-order valence-electron chi connectivity index (χ0n) is 21.9. The van der Waals surface area contributed by atoms with Crippen molar-refractivity contribution in [1.29, 1.82) is 0 Å². The molecule has 198 valence electrons. The van der Waals surface area contributed by atoms with Gasteiger partial charge in [-0.15, -0.1) is 0 Å². The molecule has 4 rings (SSSR count). The molecule has 2 heterocycles. The van der Waals surface area contributed by atoms with Gasteiger partial charge < -0.3 is 24.4 Å². The molecule has 1 amide bonds. The third-order valence-electron chi connectivity index (χ3n) is 6.70. The van der Waals surface area contributed by atoms with E-state index in [4.69, 9.17) is 24.1 Å². The highest BCUT2D eigenvalue weighted by molar-refractivity contribution is 5.75. The zero-order chi connectivity index (χ0) is 26.2. The molecule has 2 N–H and O–H groups in total. The third kappa shape index (κ3) is 6.65. The first kappa shape index (κ1) is 26.6. The molecule has 1 aliphatic rings. The predicted octanol–water partition coefficient (Wildman–Crippen LogP) is 4.60. The molecule has 1 saturated carbocycles. The standard InChI is InChI=1S/C28H36N4O5/c1-4-19-15-21(14-18(2)26(19)36-13-7-10-24(34)29-11-12-33)27-31-28(37-32-27)22-16-23(20-8-5-6-9-20)30-25(17-22)35-3/h14-17,20,33H,4-13H2,1-3H3,(H,29,34). The number of aromatic nitrogens is 3. The Morgan fingerprint density at radius 1 is 1.16 bits per heavy atom. The van der Waals surface area contributed by atoms with E-state index in [-0.39, 0.29) is 19.1 Å². The van der Waals surface area contributed by atoms with Crippen molar-refractivity contribution in [2.24, 2.45) is 0 Å². The minimum atomic E-state index is -0.0875. The average Bonchev–Trinajstić information content (AvgIpc) is 3.63. The molecule has 0 unspecified atom stereocenters. The SMILES string of the molecule is CCc1cc(-c2noc(-c3cc(OC)nc(C4CCCC4)c3)n2)cc(C)c1OCCCC(=O)NCCO. The first-order chi connectivity index (χ1) is 18.0. The molecule has 1 aromatic carbocycles. The van der Waals surface area contributed by atoms with E-state index in [9.17, 15) is 4.79 Å². The van der Waals surface area contributed by atoms with Crippen molar-refractivity contribution in [1.82, 2.24) is 20.4 Å². The van der Waals surface area contributed by atoms with Crippen LogP contribution in [-0.4, -0.2) is 53.0 Å². The van der Waals surface area contributed by atoms with Gasteiger partial charge in [-0.3, -0.25) is 4.79 Å². The fourth-order valence-electron chi connectivity index (χ4n) is 4.78. The van der Waals surface area contributed by atoms with E-state index < -0.39 is 0 Å². The summed E-state index contributed by atoms with van der Waals surface area (Å²) in [5.41, 5.74) is 4.70. The number of aryl methyl sites for hydroxylation is 2. The van der Waals surface area contributed by atoms with Gasteiger partial charge in [0, 0.05) is 41.8 Å². The topological polar surface area (TPSA) is 120 Å². The van der Waals surface area contributed by atoms with Gasteiger partial charge in [-0.1, -0.05) is 24.9 Å². The molecule has 0 radical (unpaired) electrons. The monoisotopic (exact) mass is 508 g/mol. The van der Waals surface area contributed by atoms with Crippen LogP contribution in [0.25, 0.3) is 22.8 Å². The minimum Gasteiger partial charge on any atom is -0.493 e. The number of aliphatic hydroxyl groups excluding tert-OH is 1. The van der Waals surface area contributed by atoms with Gasteiger partial charge in [0.1, 0.15) is 5.75 Å². The molecule has 2 aromatic heterocycles. The van der Waals surface area contributed by atoms with Crippen LogP contribution in [0.4, 0.5) is 0 Å². The van der Waals surface area contributed by atoms with Crippen molar-refractivity contribution in [3.8, 4) is 34.5 Å². The smallest absolute Gasteiger partial charge is 0.258 e. The molecule has 1 fully saturated rings. The van der Waals surface area contributed by atoms with Gasteiger partial charge in [0.2, 0.25) is 17.6 Å². The lowest BCUT2D eigenvalue weighted by Crippen LogP contribution is -2.26. The van der Waals surface area contributed by atoms with E-state index in [2.05, 4.69) is 22.4 Å². The first-order valence-corrected chi connectivity index (χ1v) is 13.1. The number of amides is 1. The number of hydrogen-bond acceptors (Lipinski definition) is 8. The van der Waals surface area contributed by atoms with Crippen LogP contribution in [0.3, 0.4) is 0 Å². The maximum atomic E-state index is 11.7. The molecule has 0 aliphatic heterocycles. The molecule has 3 aromatic rings. The quantitative estimate of drug-likeness (QED) is 0.341. The van der Waals surface area contributed by atoms with Gasteiger partial charge in [-0.2, -0.15) is 4.98 Å². The molecular formula is C28H36N4O5. The Labute approximate surface area is 217 Å². The summed E-state index contributed by atoms with van der Waals surface area (Å²) >= 11 is 0. The number of nitrogens with one attached hydrogen (secondary N) is 1. The lowest BCUT2D eigenvalue weighted by atomic mass is 10.0. The second-order valence-electron chi connectivity index (χ2n) is 9.39. The second-order valence-corrected chi connectivity index (χ2v) is 9.39. The van der Waals surface area contributed by atoms with Gasteiger partial charge in [-0.05, 0) is 61.9 Å². The highest BCUT2D eigenvalue weighted by Gasteiger charge is 2.22. The van der Waals surface area contributed by atoms with E-state index in [0.717, 1.165) is 53.0 Å². The van der Waals surface area contributed by atoms with Crippen LogP contribution in [0.15, 0.2) is 28.8 Å². The average molecular weight is 509 g/mol. The van der Waals surface area contributed by atoms with Crippen molar-refractivity contribution in [3.63, 3.8) is 0 Å². The van der Waals surface area contributed by atoms with Crippen LogP contribution in [0.5, 0.6) is 11.6 Å². The number of nitrogens with zero attached hydrogens (tertiary/aromatic N) is 3. The summed E-state index contributed by atoms with van der Waals surface area (Å²) < 4.78 is 17.2. The Kier molecular flexibility index (Phi) is 9.11. The van der Waals surface area contributed by atoms with Crippen LogP contribution in [0.2, 0.25) is 0 Å². The largest absolute Gasteiger partial charge is 0.493 e. The Morgan fingerprint density at radius 2 is 1.97 bits per heavy atom. The van der Waals surface area contributed by atoms with E-state index in [1.165, 1.54) is 12.8 Å². The molecule has 0 bridgehead atoms. The van der Waals surface area contributed by atoms with Crippen molar-refractivity contribution in [2.45, 2.75) is 64.7 Å². The normalized spacial score (nSPS) is 13.6. The van der Waals surface area contributed by atoms with E-state index in [0.29, 0.717) is 43.0 Å². The Hall–Kier alpha value is -3.46. The third-order valence-corrected chi connectivity index (χ3v) is 6.70. The van der Waals surface area contributed by atoms with Crippen LogP contribution in [-0.2, 0) is 11.2 Å². The van der Waals surface area contributed by atoms with Crippen LogP contribution in [0.1, 0.15) is 68.2 Å². The number of methoxy groups -OCH3 is 1. The predicted molar refractivity (Wildman–Crippen MR) is 140 cm³/mol. The van der Waals surface area contributed by atoms with Crippen molar-refractivity contribution < 1.29 is 23.9 Å². The number of hydrogen-bond donors (Lipinski definition) is 2. The molecule has 1 aliphatic carbocycles. The first-order valence-electron chi connectivity index (χ1n) is 13.1. The number of carbonyl (C=O) groups is 1. The van der Waals surface area contributed by atoms with Gasteiger partial charge >= 0.3 is 0 Å². The molecule has 9 nitrogen and oxygen atoms in total. The minimum absolute atomic E-state index is 0.0617. The number of rotatable bonds is 12.